The van der Waals surface area contributed by atoms with E-state index in [1.54, 1.807) is 11.8 Å². The van der Waals surface area contributed by atoms with Gasteiger partial charge in [0.15, 0.2) is 23.8 Å². The first-order chi connectivity index (χ1) is 17.4. The molecule has 2 aromatic rings. The lowest BCUT2D eigenvalue weighted by Gasteiger charge is -2.31. The minimum atomic E-state index is -1.40. The number of carbonyl (C=O) groups is 2. The molecule has 4 atom stereocenters. The maximum atomic E-state index is 12.2. The molecule has 3 aliphatic rings. The maximum Gasteiger partial charge on any atom is 0.410 e. The average molecular weight is 504 g/mol. The molecule has 5 N–H and O–H groups in total. The number of nitrogen functional groups attached to an aromatic ring is 1. The fourth-order valence-corrected chi connectivity index (χ4v) is 4.80. The van der Waals surface area contributed by atoms with Crippen LogP contribution in [0.25, 0.3) is 11.2 Å². The normalized spacial score (nSPS) is 26.9. The van der Waals surface area contributed by atoms with Crippen molar-refractivity contribution in [2.24, 2.45) is 5.92 Å². The molecule has 0 radical (unpaired) electrons. The molecule has 36 heavy (non-hydrogen) atoms. The molecule has 2 amide bonds. The number of nitrogens with two attached hydrogens (primary N) is 1. The number of piperidine rings is 1. The molecule has 1 aliphatic carbocycles. The zero-order chi connectivity index (χ0) is 25.4. The number of aryl methyl sites for hydroxylation is 1. The van der Waals surface area contributed by atoms with Gasteiger partial charge in [-0.25, -0.2) is 19.7 Å². The van der Waals surface area contributed by atoms with Crippen molar-refractivity contribution in [3.63, 3.8) is 0 Å². The van der Waals surface area contributed by atoms with Gasteiger partial charge in [-0.1, -0.05) is 0 Å². The number of aliphatic hydroxyl groups is 2. The molecule has 0 bridgehead atoms. The third kappa shape index (κ3) is 4.95. The van der Waals surface area contributed by atoms with E-state index >= 15 is 0 Å². The van der Waals surface area contributed by atoms with Gasteiger partial charge in [-0.15, -0.1) is 0 Å². The predicted molar refractivity (Wildman–Crippen MR) is 126 cm³/mol. The fraction of sp³-hybridized carbons (Fsp3) is 0.696. The fourth-order valence-electron chi connectivity index (χ4n) is 4.80. The molecule has 2 unspecified atom stereocenters. The summed E-state index contributed by atoms with van der Waals surface area (Å²) in [5.74, 6) is 0.663. The first-order valence-corrected chi connectivity index (χ1v) is 12.6. The number of aromatic nitrogens is 4. The molecule has 4 heterocycles. The Balaban J connectivity index is 1.24. The van der Waals surface area contributed by atoms with Crippen molar-refractivity contribution in [3.8, 4) is 0 Å². The number of hydrogen-bond donors (Lipinski definition) is 4. The van der Waals surface area contributed by atoms with Crippen molar-refractivity contribution in [2.45, 2.75) is 76.1 Å². The lowest BCUT2D eigenvalue weighted by molar-refractivity contribution is -0.137. The predicted octanol–water partition coefficient (Wildman–Crippen LogP) is 0.107. The highest BCUT2D eigenvalue weighted by Gasteiger charge is 2.47. The number of likely N-dealkylation sites (N-methyl/N-ethyl adjacent to an activating group) is 1. The quantitative estimate of drug-likeness (QED) is 0.405. The zero-order valence-electron chi connectivity index (χ0n) is 20.2. The Morgan fingerprint density at radius 3 is 2.64 bits per heavy atom. The molecule has 0 aromatic carbocycles. The van der Waals surface area contributed by atoms with E-state index in [0.717, 1.165) is 32.1 Å². The van der Waals surface area contributed by atoms with Crippen LogP contribution in [0.4, 0.5) is 10.6 Å². The molecule has 5 rings (SSSR count). The Morgan fingerprint density at radius 1 is 1.19 bits per heavy atom. The van der Waals surface area contributed by atoms with Crippen molar-refractivity contribution in [1.29, 1.82) is 0 Å². The van der Waals surface area contributed by atoms with Crippen LogP contribution in [0.2, 0.25) is 0 Å². The Labute approximate surface area is 208 Å². The molecule has 2 aromatic heterocycles. The summed E-state index contributed by atoms with van der Waals surface area (Å²) in [5.41, 5.74) is 6.87. The van der Waals surface area contributed by atoms with Crippen LogP contribution < -0.4 is 11.1 Å². The van der Waals surface area contributed by atoms with Crippen LogP contribution in [0.3, 0.4) is 0 Å². The molecule has 3 fully saturated rings. The van der Waals surface area contributed by atoms with E-state index in [-0.39, 0.29) is 18.0 Å². The van der Waals surface area contributed by atoms with Crippen LogP contribution in [0.1, 0.15) is 51.1 Å². The largest absolute Gasteiger partial charge is 0.446 e. The van der Waals surface area contributed by atoms with E-state index in [1.807, 2.05) is 0 Å². The van der Waals surface area contributed by atoms with E-state index in [4.69, 9.17) is 15.2 Å². The van der Waals surface area contributed by atoms with Gasteiger partial charge in [0.05, 0.1) is 6.33 Å². The summed E-state index contributed by atoms with van der Waals surface area (Å²) >= 11 is 0. The van der Waals surface area contributed by atoms with Crippen LogP contribution in [0, 0.1) is 5.92 Å². The summed E-state index contributed by atoms with van der Waals surface area (Å²) in [6.07, 6.45) is 1.42. The Morgan fingerprint density at radius 2 is 1.94 bits per heavy atom. The molecular formula is C23H33N7O6. The van der Waals surface area contributed by atoms with Gasteiger partial charge in [0, 0.05) is 26.1 Å². The molecule has 13 nitrogen and oxygen atoms in total. The first kappa shape index (κ1) is 24.7. The number of rotatable bonds is 7. The minimum Gasteiger partial charge on any atom is -0.446 e. The van der Waals surface area contributed by atoms with Crippen LogP contribution in [-0.2, 0) is 20.7 Å². The lowest BCUT2D eigenvalue weighted by Crippen LogP contribution is -2.42. The number of ether oxygens (including phenoxy) is 2. The van der Waals surface area contributed by atoms with Crippen LogP contribution in [0.15, 0.2) is 6.33 Å². The van der Waals surface area contributed by atoms with Crippen LogP contribution in [0.5, 0.6) is 0 Å². The Kier molecular flexibility index (Phi) is 6.95. The molecule has 1 saturated carbocycles. The second kappa shape index (κ2) is 10.1. The van der Waals surface area contributed by atoms with Crippen molar-refractivity contribution in [2.75, 3.05) is 25.4 Å². The number of aliphatic hydroxyl groups excluding tert-OH is 2. The third-order valence-electron chi connectivity index (χ3n) is 7.06. The molecule has 13 heteroatoms. The van der Waals surface area contributed by atoms with Gasteiger partial charge >= 0.3 is 6.09 Å². The molecule has 2 saturated heterocycles. The number of nitrogens with zero attached hydrogens (tertiary/aromatic N) is 5. The minimum absolute atomic E-state index is 0.111. The lowest BCUT2D eigenvalue weighted by atomic mass is 9.92. The number of anilines is 1. The van der Waals surface area contributed by atoms with Crippen molar-refractivity contribution >= 4 is 29.0 Å². The second-order valence-electron chi connectivity index (χ2n) is 9.72. The SMILES string of the molecule is CCNC(=O)[C@H]1O[C@@H](n2cnc3c(N)nc(CCC4CCN(C(=O)OC5CC5)CC4)nc32)C(O)C1O. The van der Waals surface area contributed by atoms with Gasteiger partial charge in [-0.3, -0.25) is 9.36 Å². The number of imidazole rings is 1. The second-order valence-corrected chi connectivity index (χ2v) is 9.72. The average Bonchev–Trinajstić information content (AvgIpc) is 3.50. The number of carbonyl (C=O) groups excluding carboxylic acids is 2. The Bertz CT molecular complexity index is 1110. The first-order valence-electron chi connectivity index (χ1n) is 12.6. The van der Waals surface area contributed by atoms with Gasteiger partial charge in [0.25, 0.3) is 5.91 Å². The number of fused-ring (bicyclic) bond motifs is 1. The number of amides is 2. The Hall–Kier alpha value is -3.03. The summed E-state index contributed by atoms with van der Waals surface area (Å²) in [7, 11) is 0. The summed E-state index contributed by atoms with van der Waals surface area (Å²) < 4.78 is 12.6. The van der Waals surface area contributed by atoms with Gasteiger partial charge < -0.3 is 35.6 Å². The number of hydrogen-bond acceptors (Lipinski definition) is 10. The summed E-state index contributed by atoms with van der Waals surface area (Å²) in [6, 6.07) is 0. The van der Waals surface area contributed by atoms with Crippen molar-refractivity contribution in [1.82, 2.24) is 29.7 Å². The summed E-state index contributed by atoms with van der Waals surface area (Å²) in [4.78, 5) is 39.4. The van der Waals surface area contributed by atoms with Crippen molar-refractivity contribution < 1.29 is 29.3 Å². The van der Waals surface area contributed by atoms with E-state index in [1.165, 1.54) is 10.9 Å². The highest BCUT2D eigenvalue weighted by atomic mass is 16.6. The highest BCUT2D eigenvalue weighted by Crippen LogP contribution is 2.33. The van der Waals surface area contributed by atoms with Gasteiger partial charge in [-0.05, 0) is 44.9 Å². The summed E-state index contributed by atoms with van der Waals surface area (Å²) in [5, 5.41) is 23.6. The molecular weight excluding hydrogens is 470 g/mol. The zero-order valence-corrected chi connectivity index (χ0v) is 20.2. The van der Waals surface area contributed by atoms with Crippen LogP contribution in [-0.4, -0.2) is 90.7 Å². The standard InChI is InChI=1S/C23H33N7O6/c1-2-25-21(33)18-16(31)17(32)22(36-18)30-11-26-15-19(24)27-14(28-20(15)30)6-3-12-7-9-29(10-8-12)23(34)35-13-4-5-13/h11-13,16-18,22,31-32H,2-10H2,1H3,(H,25,33)(H2,24,27,28)/t16?,17?,18-,22+/m0/s1. The molecule has 196 valence electrons. The van der Waals surface area contributed by atoms with Gasteiger partial charge in [-0.2, -0.15) is 0 Å². The monoisotopic (exact) mass is 503 g/mol. The van der Waals surface area contributed by atoms with Crippen LogP contribution >= 0.6 is 0 Å². The van der Waals surface area contributed by atoms with E-state index < -0.39 is 30.4 Å². The van der Waals surface area contributed by atoms with E-state index in [2.05, 4.69) is 20.3 Å². The molecule has 0 spiro atoms. The van der Waals surface area contributed by atoms with Crippen molar-refractivity contribution in [3.05, 3.63) is 12.2 Å². The summed E-state index contributed by atoms with van der Waals surface area (Å²) in [6.45, 7) is 3.48. The number of likely N-dealkylation sites (tertiary alicyclic amines) is 1. The van der Waals surface area contributed by atoms with Gasteiger partial charge in [0.2, 0.25) is 0 Å². The van der Waals surface area contributed by atoms with E-state index in [0.29, 0.717) is 49.0 Å². The smallest absolute Gasteiger partial charge is 0.410 e. The maximum absolute atomic E-state index is 12.2. The topological polar surface area (TPSA) is 178 Å². The number of nitrogens with one attached hydrogen (secondary N) is 1. The van der Waals surface area contributed by atoms with Gasteiger partial charge in [0.1, 0.15) is 29.7 Å². The van der Waals surface area contributed by atoms with E-state index in [9.17, 15) is 19.8 Å². The molecule has 2 aliphatic heterocycles. The highest BCUT2D eigenvalue weighted by molar-refractivity contribution is 5.83. The third-order valence-corrected chi connectivity index (χ3v) is 7.06.